The molecule has 2 aromatic carbocycles. The van der Waals surface area contributed by atoms with Crippen molar-refractivity contribution in [3.63, 3.8) is 0 Å². The summed E-state index contributed by atoms with van der Waals surface area (Å²) >= 11 is 0. The third-order valence-electron chi connectivity index (χ3n) is 6.54. The van der Waals surface area contributed by atoms with Crippen molar-refractivity contribution in [2.45, 2.75) is 56.3 Å². The van der Waals surface area contributed by atoms with Gasteiger partial charge in [0, 0.05) is 18.5 Å². The highest BCUT2D eigenvalue weighted by molar-refractivity contribution is 5.79. The zero-order valence-corrected chi connectivity index (χ0v) is 21.9. The molecule has 1 aliphatic heterocycles. The smallest absolute Gasteiger partial charge is 0.353 e. The molecule has 6 atom stereocenters. The number of aliphatic carboxylic acids is 1. The number of aliphatic hydroxyl groups excluding tert-OH is 3. The molecule has 0 saturated carbocycles. The third kappa shape index (κ3) is 5.67. The summed E-state index contributed by atoms with van der Waals surface area (Å²) in [6.45, 7) is 3.44. The average molecular weight is 555 g/mol. The van der Waals surface area contributed by atoms with E-state index in [1.807, 2.05) is 0 Å². The number of rotatable bonds is 9. The van der Waals surface area contributed by atoms with Crippen molar-refractivity contribution in [3.8, 4) is 6.01 Å². The van der Waals surface area contributed by atoms with Crippen molar-refractivity contribution in [3.05, 3.63) is 89.2 Å². The van der Waals surface area contributed by atoms with Gasteiger partial charge in [-0.1, -0.05) is 60.7 Å². The Morgan fingerprint density at radius 3 is 1.88 bits per heavy atom. The summed E-state index contributed by atoms with van der Waals surface area (Å²) in [7, 11) is 1.37. The van der Waals surface area contributed by atoms with Crippen LogP contribution in [0.4, 0.5) is 0 Å². The fourth-order valence-electron chi connectivity index (χ4n) is 4.66. The van der Waals surface area contributed by atoms with Gasteiger partial charge < -0.3 is 39.4 Å². The second-order valence-electron chi connectivity index (χ2n) is 9.27. The van der Waals surface area contributed by atoms with E-state index in [9.17, 15) is 30.0 Å². The fourth-order valence-corrected chi connectivity index (χ4v) is 4.66. The number of aliphatic hydroxyl groups is 3. The monoisotopic (exact) mass is 554 g/mol. The number of carbonyl (C=O) groups excluding carboxylic acids is 1. The second kappa shape index (κ2) is 12.1. The first-order valence-corrected chi connectivity index (χ1v) is 12.4. The number of carboxylic acids is 1. The molecule has 0 spiro atoms. The molecule has 1 aliphatic rings. The Hall–Kier alpha value is -3.94. The average Bonchev–Trinajstić information content (AvgIpc) is 2.94. The van der Waals surface area contributed by atoms with Gasteiger partial charge in [-0.2, -0.15) is 0 Å². The van der Waals surface area contributed by atoms with E-state index in [0.717, 1.165) is 0 Å². The predicted octanol–water partition coefficient (Wildman–Crippen LogP) is 0.866. The Kier molecular flexibility index (Phi) is 8.76. The molecule has 3 aromatic rings. The Bertz CT molecular complexity index is 1260. The van der Waals surface area contributed by atoms with Gasteiger partial charge in [-0.3, -0.25) is 0 Å². The van der Waals surface area contributed by atoms with Crippen molar-refractivity contribution in [1.29, 1.82) is 0 Å². The standard InChI is InChI=1S/C28H30N2O10/c1-15-14-16(2)30-27(29-15)39-23(25(36)40-26-21(33)19(31)20(32)22(38-26)24(34)35)28(37-3,17-10-6-4-7-11-17)18-12-8-5-9-13-18/h4-14,19-23,26,31-33H,1-3H3,(H,34,35)/t19-,20-,21+,22-,23-,26-/m0/s1. The van der Waals surface area contributed by atoms with Crippen molar-refractivity contribution in [2.75, 3.05) is 7.11 Å². The lowest BCUT2D eigenvalue weighted by Crippen LogP contribution is -2.61. The van der Waals surface area contributed by atoms with E-state index in [1.54, 1.807) is 80.6 Å². The minimum absolute atomic E-state index is 0.170. The van der Waals surface area contributed by atoms with Crippen LogP contribution in [0.15, 0.2) is 66.7 Å². The molecule has 212 valence electrons. The molecule has 0 bridgehead atoms. The Morgan fingerprint density at radius 1 is 0.875 bits per heavy atom. The van der Waals surface area contributed by atoms with Crippen LogP contribution >= 0.6 is 0 Å². The SMILES string of the molecule is COC(c1ccccc1)(c1ccccc1)[C@@H](Oc1nc(C)cc(C)n1)C(=O)O[C@@H]1O[C@H](C(=O)O)[C@@H](O)[C@H](O)[C@H]1O. The molecule has 4 rings (SSSR count). The Balaban J connectivity index is 1.83. The summed E-state index contributed by atoms with van der Waals surface area (Å²) in [6, 6.07) is 18.9. The van der Waals surface area contributed by atoms with E-state index in [2.05, 4.69) is 9.97 Å². The molecule has 12 heteroatoms. The maximum atomic E-state index is 14.0. The molecule has 1 saturated heterocycles. The molecule has 2 heterocycles. The van der Waals surface area contributed by atoms with Gasteiger partial charge >= 0.3 is 17.9 Å². The summed E-state index contributed by atoms with van der Waals surface area (Å²) in [5.41, 5.74) is 0.414. The molecule has 1 fully saturated rings. The number of benzene rings is 2. The number of methoxy groups -OCH3 is 1. The summed E-state index contributed by atoms with van der Waals surface area (Å²) < 4.78 is 22.8. The van der Waals surface area contributed by atoms with Crippen LogP contribution in [0.25, 0.3) is 0 Å². The van der Waals surface area contributed by atoms with Crippen molar-refractivity contribution in [2.24, 2.45) is 0 Å². The van der Waals surface area contributed by atoms with E-state index in [4.69, 9.17) is 18.9 Å². The highest BCUT2D eigenvalue weighted by Crippen LogP contribution is 2.39. The minimum atomic E-state index is -1.98. The summed E-state index contributed by atoms with van der Waals surface area (Å²) in [6.07, 6.45) is -11.6. The highest BCUT2D eigenvalue weighted by atomic mass is 16.7. The molecule has 0 unspecified atom stereocenters. The number of ether oxygens (including phenoxy) is 4. The van der Waals surface area contributed by atoms with Crippen LogP contribution in [0.5, 0.6) is 6.01 Å². The van der Waals surface area contributed by atoms with Crippen LogP contribution in [0, 0.1) is 13.8 Å². The molecule has 0 aliphatic carbocycles. The number of esters is 1. The number of nitrogens with zero attached hydrogens (tertiary/aromatic N) is 2. The zero-order valence-electron chi connectivity index (χ0n) is 21.9. The molecule has 12 nitrogen and oxygen atoms in total. The van der Waals surface area contributed by atoms with Crippen molar-refractivity contribution < 1.29 is 49.0 Å². The lowest BCUT2D eigenvalue weighted by molar-refractivity contribution is -0.289. The van der Waals surface area contributed by atoms with Gasteiger partial charge in [0.25, 0.3) is 0 Å². The molecule has 0 radical (unpaired) electrons. The number of carboxylic acid groups (broad SMARTS) is 1. The van der Waals surface area contributed by atoms with Crippen LogP contribution < -0.4 is 4.74 Å². The van der Waals surface area contributed by atoms with Crippen LogP contribution in [0.2, 0.25) is 0 Å². The largest absolute Gasteiger partial charge is 0.479 e. The molecule has 0 amide bonds. The molecule has 4 N–H and O–H groups in total. The predicted molar refractivity (Wildman–Crippen MR) is 137 cm³/mol. The number of aryl methyl sites for hydroxylation is 2. The van der Waals surface area contributed by atoms with Gasteiger partial charge in [0.15, 0.2) is 11.7 Å². The number of aromatic nitrogens is 2. The highest BCUT2D eigenvalue weighted by Gasteiger charge is 2.53. The fraction of sp³-hybridized carbons (Fsp3) is 0.357. The molecule has 40 heavy (non-hydrogen) atoms. The Morgan fingerprint density at radius 2 is 1.40 bits per heavy atom. The molecule has 1 aromatic heterocycles. The first-order chi connectivity index (χ1) is 19.1. The number of hydrogen-bond acceptors (Lipinski definition) is 11. The van der Waals surface area contributed by atoms with Gasteiger partial charge in [0.05, 0.1) is 0 Å². The van der Waals surface area contributed by atoms with Gasteiger partial charge in [-0.15, -0.1) is 0 Å². The van der Waals surface area contributed by atoms with Crippen LogP contribution in [0.1, 0.15) is 22.5 Å². The van der Waals surface area contributed by atoms with Crippen molar-refractivity contribution in [1.82, 2.24) is 9.97 Å². The summed E-state index contributed by atoms with van der Waals surface area (Å²) in [5, 5.41) is 40.2. The summed E-state index contributed by atoms with van der Waals surface area (Å²) in [5.74, 6) is -2.79. The van der Waals surface area contributed by atoms with E-state index < -0.39 is 54.3 Å². The number of carbonyl (C=O) groups is 2. The summed E-state index contributed by atoms with van der Waals surface area (Å²) in [4.78, 5) is 34.1. The maximum absolute atomic E-state index is 14.0. The zero-order chi connectivity index (χ0) is 29.0. The van der Waals surface area contributed by atoms with E-state index in [1.165, 1.54) is 7.11 Å². The van der Waals surface area contributed by atoms with Gasteiger partial charge in [0.1, 0.15) is 18.3 Å². The van der Waals surface area contributed by atoms with E-state index in [-0.39, 0.29) is 6.01 Å². The van der Waals surface area contributed by atoms with Crippen molar-refractivity contribution >= 4 is 11.9 Å². The topological polar surface area (TPSA) is 178 Å². The lowest BCUT2D eigenvalue weighted by atomic mass is 9.81. The lowest BCUT2D eigenvalue weighted by Gasteiger charge is -2.41. The number of hydrogen-bond donors (Lipinski definition) is 4. The Labute approximate surface area is 229 Å². The van der Waals surface area contributed by atoms with Gasteiger partial charge in [0.2, 0.25) is 12.4 Å². The minimum Gasteiger partial charge on any atom is -0.479 e. The maximum Gasteiger partial charge on any atom is 0.353 e. The normalized spacial score (nSPS) is 23.7. The molecular weight excluding hydrogens is 524 g/mol. The second-order valence-corrected chi connectivity index (χ2v) is 9.27. The van der Waals surface area contributed by atoms with E-state index >= 15 is 0 Å². The van der Waals surface area contributed by atoms with E-state index in [0.29, 0.717) is 22.5 Å². The quantitative estimate of drug-likeness (QED) is 0.275. The first kappa shape index (κ1) is 29.1. The third-order valence-corrected chi connectivity index (χ3v) is 6.54. The molecular formula is C28H30N2O10. The van der Waals surface area contributed by atoms with Crippen LogP contribution in [0.3, 0.4) is 0 Å². The van der Waals surface area contributed by atoms with Gasteiger partial charge in [-0.25, -0.2) is 19.6 Å². The van der Waals surface area contributed by atoms with Crippen LogP contribution in [-0.4, -0.2) is 86.3 Å². The van der Waals surface area contributed by atoms with Crippen LogP contribution in [-0.2, 0) is 29.4 Å². The van der Waals surface area contributed by atoms with Gasteiger partial charge in [-0.05, 0) is 31.0 Å². The first-order valence-electron chi connectivity index (χ1n) is 12.4.